The van der Waals surface area contributed by atoms with Crippen LogP contribution in [-0.2, 0) is 13.0 Å². The van der Waals surface area contributed by atoms with E-state index in [2.05, 4.69) is 22.4 Å². The van der Waals surface area contributed by atoms with E-state index in [4.69, 9.17) is 9.47 Å². The summed E-state index contributed by atoms with van der Waals surface area (Å²) >= 11 is 0. The van der Waals surface area contributed by atoms with E-state index in [1.807, 2.05) is 24.4 Å². The fourth-order valence-corrected chi connectivity index (χ4v) is 1.97. The van der Waals surface area contributed by atoms with Gasteiger partial charge in [-0.15, -0.1) is 0 Å². The van der Waals surface area contributed by atoms with Crippen LogP contribution in [0.4, 0.5) is 0 Å². The van der Waals surface area contributed by atoms with Crippen LogP contribution < -0.4 is 14.8 Å². The van der Waals surface area contributed by atoms with Crippen LogP contribution in [-0.4, -0.2) is 25.7 Å². The molecule has 0 aliphatic carbocycles. The van der Waals surface area contributed by atoms with E-state index in [-0.39, 0.29) is 0 Å². The largest absolute Gasteiger partial charge is 0.493 e. The van der Waals surface area contributed by atoms with Gasteiger partial charge in [0.25, 0.3) is 0 Å². The molecular formula is C15H20N2O2. The van der Waals surface area contributed by atoms with Gasteiger partial charge < -0.3 is 19.8 Å². The Labute approximate surface area is 113 Å². The van der Waals surface area contributed by atoms with Gasteiger partial charge in [-0.2, -0.15) is 0 Å². The summed E-state index contributed by atoms with van der Waals surface area (Å²) < 4.78 is 10.5. The van der Waals surface area contributed by atoms with Gasteiger partial charge in [-0.25, -0.2) is 0 Å². The third kappa shape index (κ3) is 3.76. The number of H-pyrrole nitrogens is 1. The van der Waals surface area contributed by atoms with E-state index >= 15 is 0 Å². The van der Waals surface area contributed by atoms with Crippen LogP contribution in [0.15, 0.2) is 36.5 Å². The normalized spacial score (nSPS) is 10.4. The highest BCUT2D eigenvalue weighted by molar-refractivity contribution is 5.42. The lowest BCUT2D eigenvalue weighted by Crippen LogP contribution is -2.16. The van der Waals surface area contributed by atoms with Gasteiger partial charge in [0.1, 0.15) is 0 Å². The molecule has 0 aliphatic heterocycles. The second-order valence-electron chi connectivity index (χ2n) is 4.31. The van der Waals surface area contributed by atoms with Crippen molar-refractivity contribution in [3.05, 3.63) is 47.8 Å². The number of hydrogen-bond acceptors (Lipinski definition) is 3. The fraction of sp³-hybridized carbons (Fsp3) is 0.333. The molecule has 0 unspecified atom stereocenters. The first-order valence-electron chi connectivity index (χ1n) is 6.37. The van der Waals surface area contributed by atoms with Crippen LogP contribution in [0.5, 0.6) is 11.5 Å². The van der Waals surface area contributed by atoms with Crippen molar-refractivity contribution in [3.63, 3.8) is 0 Å². The molecule has 0 radical (unpaired) electrons. The van der Waals surface area contributed by atoms with Gasteiger partial charge in [0.2, 0.25) is 0 Å². The molecule has 0 fully saturated rings. The minimum atomic E-state index is 0.769. The first-order valence-corrected chi connectivity index (χ1v) is 6.37. The lowest BCUT2D eigenvalue weighted by atomic mass is 10.1. The zero-order valence-corrected chi connectivity index (χ0v) is 11.4. The van der Waals surface area contributed by atoms with Gasteiger partial charge in [0.05, 0.1) is 14.2 Å². The van der Waals surface area contributed by atoms with Crippen LogP contribution in [0, 0.1) is 0 Å². The van der Waals surface area contributed by atoms with Crippen LogP contribution >= 0.6 is 0 Å². The van der Waals surface area contributed by atoms with Crippen molar-refractivity contribution in [2.45, 2.75) is 13.0 Å². The van der Waals surface area contributed by atoms with Gasteiger partial charge in [0, 0.05) is 18.4 Å². The Morgan fingerprint density at radius 1 is 1.11 bits per heavy atom. The molecule has 1 heterocycles. The number of hydrogen-bond donors (Lipinski definition) is 2. The molecule has 4 nitrogen and oxygen atoms in total. The molecule has 0 amide bonds. The Balaban J connectivity index is 1.82. The second kappa shape index (κ2) is 6.85. The molecule has 4 heteroatoms. The van der Waals surface area contributed by atoms with Crippen LogP contribution in [0.3, 0.4) is 0 Å². The maximum atomic E-state index is 5.29. The summed E-state index contributed by atoms with van der Waals surface area (Å²) in [5, 5.41) is 3.40. The Bertz CT molecular complexity index is 495. The molecule has 0 saturated heterocycles. The summed E-state index contributed by atoms with van der Waals surface area (Å²) in [5.74, 6) is 1.55. The molecule has 0 spiro atoms. The van der Waals surface area contributed by atoms with Crippen LogP contribution in [0.25, 0.3) is 0 Å². The highest BCUT2D eigenvalue weighted by Crippen LogP contribution is 2.27. The number of ether oxygens (including phenoxy) is 2. The minimum absolute atomic E-state index is 0.769. The van der Waals surface area contributed by atoms with Crippen molar-refractivity contribution in [2.24, 2.45) is 0 Å². The van der Waals surface area contributed by atoms with Gasteiger partial charge in [-0.1, -0.05) is 6.07 Å². The standard InChI is InChI=1S/C15H20N2O2/c1-18-14-6-5-12(10-15(14)19-2)7-9-16-11-13-4-3-8-17-13/h3-6,8,10,16-17H,7,9,11H2,1-2H3. The van der Waals surface area contributed by atoms with Gasteiger partial charge in [-0.05, 0) is 42.8 Å². The first-order chi connectivity index (χ1) is 9.33. The van der Waals surface area contributed by atoms with E-state index < -0.39 is 0 Å². The predicted octanol–water partition coefficient (Wildman–Crippen LogP) is 2.36. The lowest BCUT2D eigenvalue weighted by Gasteiger charge is -2.10. The van der Waals surface area contributed by atoms with Crippen LogP contribution in [0.2, 0.25) is 0 Å². The predicted molar refractivity (Wildman–Crippen MR) is 75.7 cm³/mol. The molecule has 0 atom stereocenters. The highest BCUT2D eigenvalue weighted by atomic mass is 16.5. The zero-order chi connectivity index (χ0) is 13.5. The summed E-state index contributed by atoms with van der Waals surface area (Å²) in [5.41, 5.74) is 2.43. The molecule has 0 saturated carbocycles. The van der Waals surface area contributed by atoms with E-state index in [1.165, 1.54) is 11.3 Å². The van der Waals surface area contributed by atoms with E-state index in [1.54, 1.807) is 14.2 Å². The van der Waals surface area contributed by atoms with Crippen molar-refractivity contribution < 1.29 is 9.47 Å². The van der Waals surface area contributed by atoms with Crippen molar-refractivity contribution in [2.75, 3.05) is 20.8 Å². The quantitative estimate of drug-likeness (QED) is 0.751. The van der Waals surface area contributed by atoms with Crippen LogP contribution in [0.1, 0.15) is 11.3 Å². The Morgan fingerprint density at radius 2 is 1.95 bits per heavy atom. The average molecular weight is 260 g/mol. The Morgan fingerprint density at radius 3 is 2.63 bits per heavy atom. The number of benzene rings is 1. The molecule has 0 aliphatic rings. The van der Waals surface area contributed by atoms with Crippen molar-refractivity contribution in [1.29, 1.82) is 0 Å². The molecule has 0 bridgehead atoms. The van der Waals surface area contributed by atoms with Crippen molar-refractivity contribution in [1.82, 2.24) is 10.3 Å². The van der Waals surface area contributed by atoms with E-state index in [0.29, 0.717) is 0 Å². The molecule has 19 heavy (non-hydrogen) atoms. The SMILES string of the molecule is COc1ccc(CCNCc2ccc[nH]2)cc1OC. The number of methoxy groups -OCH3 is 2. The number of nitrogens with one attached hydrogen (secondary N) is 2. The highest BCUT2D eigenvalue weighted by Gasteiger charge is 2.04. The average Bonchev–Trinajstić information content (AvgIpc) is 2.96. The molecule has 2 aromatic rings. The Hall–Kier alpha value is -1.94. The summed E-state index contributed by atoms with van der Waals surface area (Å²) in [6, 6.07) is 10.1. The molecule has 1 aromatic carbocycles. The van der Waals surface area contributed by atoms with E-state index in [9.17, 15) is 0 Å². The number of rotatable bonds is 7. The molecule has 102 valence electrons. The topological polar surface area (TPSA) is 46.3 Å². The van der Waals surface area contributed by atoms with Crippen molar-refractivity contribution in [3.8, 4) is 11.5 Å². The number of aromatic amines is 1. The lowest BCUT2D eigenvalue weighted by molar-refractivity contribution is 0.354. The molecule has 1 aromatic heterocycles. The van der Waals surface area contributed by atoms with Crippen molar-refractivity contribution >= 4 is 0 Å². The zero-order valence-electron chi connectivity index (χ0n) is 11.4. The molecule has 2 N–H and O–H groups in total. The van der Waals surface area contributed by atoms with Gasteiger partial charge in [0.15, 0.2) is 11.5 Å². The smallest absolute Gasteiger partial charge is 0.160 e. The summed E-state index contributed by atoms with van der Waals surface area (Å²) in [6.45, 7) is 1.79. The first kappa shape index (κ1) is 13.5. The second-order valence-corrected chi connectivity index (χ2v) is 4.31. The molecular weight excluding hydrogens is 240 g/mol. The van der Waals surface area contributed by atoms with Gasteiger partial charge in [-0.3, -0.25) is 0 Å². The summed E-state index contributed by atoms with van der Waals surface area (Å²) in [7, 11) is 3.31. The summed E-state index contributed by atoms with van der Waals surface area (Å²) in [6.07, 6.45) is 2.90. The fourth-order valence-electron chi connectivity index (χ4n) is 1.97. The Kier molecular flexibility index (Phi) is 4.86. The monoisotopic (exact) mass is 260 g/mol. The van der Waals surface area contributed by atoms with Gasteiger partial charge >= 0.3 is 0 Å². The number of aromatic nitrogens is 1. The van der Waals surface area contributed by atoms with E-state index in [0.717, 1.165) is 31.0 Å². The maximum Gasteiger partial charge on any atom is 0.160 e. The summed E-state index contributed by atoms with van der Waals surface area (Å²) in [4.78, 5) is 3.17. The third-order valence-corrected chi connectivity index (χ3v) is 3.02. The molecule has 2 rings (SSSR count). The minimum Gasteiger partial charge on any atom is -0.493 e. The maximum absolute atomic E-state index is 5.29. The third-order valence-electron chi connectivity index (χ3n) is 3.02.